The third-order valence-electron chi connectivity index (χ3n) is 4.13. The fourth-order valence-corrected chi connectivity index (χ4v) is 3.52. The zero-order valence-corrected chi connectivity index (χ0v) is 17.4. The van der Waals surface area contributed by atoms with E-state index in [0.29, 0.717) is 35.4 Å². The Morgan fingerprint density at radius 2 is 1.82 bits per heavy atom. The van der Waals surface area contributed by atoms with Crippen LogP contribution in [0, 0.1) is 0 Å². The molecule has 5 nitrogen and oxygen atoms in total. The number of carbonyl (C=O) groups excluding carboxylic acids is 1. The number of carbonyl (C=O) groups is 1. The number of nitrogens with one attached hydrogen (secondary N) is 1. The molecule has 1 aromatic heterocycles. The molecular formula is C21H22ClN3O2S. The summed E-state index contributed by atoms with van der Waals surface area (Å²) < 4.78 is 5.54. The van der Waals surface area contributed by atoms with E-state index in [-0.39, 0.29) is 11.9 Å². The van der Waals surface area contributed by atoms with Crippen molar-refractivity contribution in [1.82, 2.24) is 10.2 Å². The van der Waals surface area contributed by atoms with Crippen LogP contribution in [0.2, 0.25) is 5.02 Å². The summed E-state index contributed by atoms with van der Waals surface area (Å²) in [6, 6.07) is 16.0. The van der Waals surface area contributed by atoms with Crippen molar-refractivity contribution in [2.45, 2.75) is 37.5 Å². The van der Waals surface area contributed by atoms with Crippen molar-refractivity contribution >= 4 is 35.3 Å². The Bertz CT molecular complexity index is 908. The van der Waals surface area contributed by atoms with E-state index >= 15 is 0 Å². The minimum Gasteiger partial charge on any atom is -0.407 e. The Balaban J connectivity index is 1.45. The predicted molar refractivity (Wildman–Crippen MR) is 113 cm³/mol. The van der Waals surface area contributed by atoms with Crippen LogP contribution >= 0.6 is 23.4 Å². The molecule has 28 heavy (non-hydrogen) atoms. The van der Waals surface area contributed by atoms with E-state index in [4.69, 9.17) is 16.0 Å². The molecule has 1 N–H and O–H groups in total. The number of anilines is 1. The van der Waals surface area contributed by atoms with Crippen molar-refractivity contribution in [1.29, 1.82) is 0 Å². The van der Waals surface area contributed by atoms with Crippen molar-refractivity contribution in [3.63, 3.8) is 0 Å². The van der Waals surface area contributed by atoms with Crippen molar-refractivity contribution in [3.8, 4) is 0 Å². The molecule has 0 saturated heterocycles. The van der Waals surface area contributed by atoms with Crippen LogP contribution in [0.3, 0.4) is 0 Å². The fourth-order valence-electron chi connectivity index (χ4n) is 2.54. The van der Waals surface area contributed by atoms with Crippen LogP contribution in [-0.2, 0) is 11.2 Å². The van der Waals surface area contributed by atoms with Crippen LogP contribution in [0.15, 0.2) is 57.8 Å². The summed E-state index contributed by atoms with van der Waals surface area (Å²) in [5.41, 5.74) is 2.38. The van der Waals surface area contributed by atoms with Crippen LogP contribution in [0.5, 0.6) is 0 Å². The van der Waals surface area contributed by atoms with E-state index in [0.717, 1.165) is 10.5 Å². The molecule has 1 amide bonds. The number of nitrogens with zero attached hydrogens (tertiary/aromatic N) is 2. The van der Waals surface area contributed by atoms with Crippen molar-refractivity contribution in [2.75, 3.05) is 11.1 Å². The van der Waals surface area contributed by atoms with Crippen LogP contribution < -0.4 is 5.32 Å². The molecule has 7 heteroatoms. The van der Waals surface area contributed by atoms with Gasteiger partial charge in [-0.2, -0.15) is 0 Å². The first-order valence-corrected chi connectivity index (χ1v) is 10.5. The van der Waals surface area contributed by atoms with Gasteiger partial charge < -0.3 is 4.42 Å². The number of hydrogen-bond acceptors (Lipinski definition) is 5. The average Bonchev–Trinajstić information content (AvgIpc) is 3.10. The van der Waals surface area contributed by atoms with Crippen LogP contribution in [0.4, 0.5) is 6.01 Å². The smallest absolute Gasteiger partial charge is 0.322 e. The first-order valence-electron chi connectivity index (χ1n) is 9.09. The standard InChI is InChI=1S/C21H22ClN3O2S/c1-14(2)16-5-3-15(4-6-16)13-20-24-25-21(27-20)23-19(26)11-12-28-18-9-7-17(22)8-10-18/h3-10,14H,11-13H2,1-2H3,(H,23,25,26). The van der Waals surface area contributed by atoms with Gasteiger partial charge in [-0.1, -0.05) is 54.8 Å². The summed E-state index contributed by atoms with van der Waals surface area (Å²) in [6.07, 6.45) is 0.884. The molecule has 1 heterocycles. The van der Waals surface area contributed by atoms with E-state index in [1.807, 2.05) is 24.3 Å². The van der Waals surface area contributed by atoms with Crippen molar-refractivity contribution in [2.24, 2.45) is 0 Å². The lowest BCUT2D eigenvalue weighted by Crippen LogP contribution is -2.12. The van der Waals surface area contributed by atoms with Gasteiger partial charge >= 0.3 is 6.01 Å². The summed E-state index contributed by atoms with van der Waals surface area (Å²) in [6.45, 7) is 4.33. The lowest BCUT2D eigenvalue weighted by atomic mass is 10.0. The first-order chi connectivity index (χ1) is 13.5. The largest absolute Gasteiger partial charge is 0.407 e. The second-order valence-electron chi connectivity index (χ2n) is 6.67. The van der Waals surface area contributed by atoms with Gasteiger partial charge in [0.1, 0.15) is 0 Å². The summed E-state index contributed by atoms with van der Waals surface area (Å²) in [4.78, 5) is 13.1. The van der Waals surface area contributed by atoms with Gasteiger partial charge in [-0.3, -0.25) is 10.1 Å². The van der Waals surface area contributed by atoms with E-state index in [9.17, 15) is 4.79 Å². The second kappa shape index (κ2) is 9.75. The highest BCUT2D eigenvalue weighted by Crippen LogP contribution is 2.21. The Morgan fingerprint density at radius 3 is 2.50 bits per heavy atom. The molecule has 3 aromatic rings. The highest BCUT2D eigenvalue weighted by atomic mass is 35.5. The molecule has 0 aliphatic heterocycles. The zero-order chi connectivity index (χ0) is 19.9. The number of amides is 1. The second-order valence-corrected chi connectivity index (χ2v) is 8.28. The molecule has 0 radical (unpaired) electrons. The van der Waals surface area contributed by atoms with Gasteiger partial charge in [0.2, 0.25) is 11.8 Å². The third kappa shape index (κ3) is 6.11. The molecule has 0 atom stereocenters. The molecule has 3 rings (SSSR count). The molecule has 0 aliphatic rings. The number of thioether (sulfide) groups is 1. The maximum atomic E-state index is 12.1. The van der Waals surface area contributed by atoms with Gasteiger partial charge in [0, 0.05) is 22.1 Å². The van der Waals surface area contributed by atoms with E-state index in [2.05, 4.69) is 53.6 Å². The Morgan fingerprint density at radius 1 is 1.11 bits per heavy atom. The van der Waals surface area contributed by atoms with Crippen LogP contribution in [0.1, 0.15) is 43.2 Å². The number of hydrogen-bond donors (Lipinski definition) is 1. The predicted octanol–water partition coefficient (Wildman–Crippen LogP) is 5.56. The lowest BCUT2D eigenvalue weighted by Gasteiger charge is -2.05. The lowest BCUT2D eigenvalue weighted by molar-refractivity contribution is -0.115. The number of rotatable bonds is 8. The van der Waals surface area contributed by atoms with E-state index < -0.39 is 0 Å². The molecular weight excluding hydrogens is 394 g/mol. The molecule has 0 saturated carbocycles. The van der Waals surface area contributed by atoms with Crippen LogP contribution in [0.25, 0.3) is 0 Å². The summed E-state index contributed by atoms with van der Waals surface area (Å²) >= 11 is 7.45. The van der Waals surface area contributed by atoms with Gasteiger partial charge in [0.25, 0.3) is 0 Å². The minimum atomic E-state index is -0.155. The maximum absolute atomic E-state index is 12.1. The average molecular weight is 416 g/mol. The van der Waals surface area contributed by atoms with Gasteiger partial charge in [-0.15, -0.1) is 16.9 Å². The first kappa shape index (κ1) is 20.4. The molecule has 0 aliphatic carbocycles. The van der Waals surface area contributed by atoms with Gasteiger partial charge in [-0.05, 0) is 41.3 Å². The number of aromatic nitrogens is 2. The molecule has 146 valence electrons. The Hall–Kier alpha value is -2.31. The van der Waals surface area contributed by atoms with E-state index in [1.165, 1.54) is 5.56 Å². The van der Waals surface area contributed by atoms with Gasteiger partial charge in [-0.25, -0.2) is 0 Å². The van der Waals surface area contributed by atoms with Crippen LogP contribution in [-0.4, -0.2) is 21.9 Å². The zero-order valence-electron chi connectivity index (χ0n) is 15.8. The summed E-state index contributed by atoms with van der Waals surface area (Å²) in [5, 5.41) is 11.3. The summed E-state index contributed by atoms with van der Waals surface area (Å²) in [5.74, 6) is 1.47. The monoisotopic (exact) mass is 415 g/mol. The fraction of sp³-hybridized carbons (Fsp3) is 0.286. The summed E-state index contributed by atoms with van der Waals surface area (Å²) in [7, 11) is 0. The molecule has 0 unspecified atom stereocenters. The Kier molecular flexibility index (Phi) is 7.12. The minimum absolute atomic E-state index is 0.135. The quantitative estimate of drug-likeness (QED) is 0.488. The Labute approximate surface area is 173 Å². The third-order valence-corrected chi connectivity index (χ3v) is 5.39. The maximum Gasteiger partial charge on any atom is 0.322 e. The highest BCUT2D eigenvalue weighted by Gasteiger charge is 2.11. The topological polar surface area (TPSA) is 68.0 Å². The van der Waals surface area contributed by atoms with Crippen molar-refractivity contribution < 1.29 is 9.21 Å². The highest BCUT2D eigenvalue weighted by molar-refractivity contribution is 7.99. The van der Waals surface area contributed by atoms with E-state index in [1.54, 1.807) is 11.8 Å². The molecule has 0 bridgehead atoms. The normalized spacial score (nSPS) is 11.0. The molecule has 2 aromatic carbocycles. The SMILES string of the molecule is CC(C)c1ccc(Cc2nnc(NC(=O)CCSc3ccc(Cl)cc3)o2)cc1. The molecule has 0 spiro atoms. The number of benzene rings is 2. The van der Waals surface area contributed by atoms with Gasteiger partial charge in [0.15, 0.2) is 0 Å². The van der Waals surface area contributed by atoms with Gasteiger partial charge in [0.05, 0.1) is 6.42 Å². The van der Waals surface area contributed by atoms with Crippen molar-refractivity contribution in [3.05, 3.63) is 70.6 Å². The molecule has 0 fully saturated rings. The number of halogens is 1.